The molecule has 0 aliphatic carbocycles. The van der Waals surface area contributed by atoms with Crippen molar-refractivity contribution in [1.82, 2.24) is 0 Å². The molecule has 2 heterocycles. The number of quaternary nitrogens is 1. The van der Waals surface area contributed by atoms with Crippen LogP contribution in [-0.2, 0) is 14.3 Å². The predicted octanol–water partition coefficient (Wildman–Crippen LogP) is 0.0539. The molecule has 1 fully saturated rings. The van der Waals surface area contributed by atoms with Gasteiger partial charge in [0, 0.05) is 0 Å². The number of ether oxygens (including phenoxy) is 1. The second-order valence-electron chi connectivity index (χ2n) is 6.70. The van der Waals surface area contributed by atoms with Gasteiger partial charge in [-0.3, -0.25) is 14.5 Å². The molecule has 124 valence electrons. The lowest BCUT2D eigenvalue weighted by molar-refractivity contribution is -0.921. The molecule has 1 aromatic carbocycles. The quantitative estimate of drug-likeness (QED) is 0.810. The second-order valence-corrected chi connectivity index (χ2v) is 6.70. The first-order chi connectivity index (χ1) is 10.9. The number of para-hydroxylation sites is 2. The van der Waals surface area contributed by atoms with Crippen molar-refractivity contribution in [3.63, 3.8) is 0 Å². The smallest absolute Gasteiger partial charge is 0.285 e. The summed E-state index contributed by atoms with van der Waals surface area (Å²) in [6, 6.07) is 7.25. The van der Waals surface area contributed by atoms with Gasteiger partial charge in [0.05, 0.1) is 24.6 Å². The lowest BCUT2D eigenvalue weighted by Gasteiger charge is -2.43. The molecule has 1 atom stereocenters. The van der Waals surface area contributed by atoms with Crippen LogP contribution in [0.4, 0.5) is 11.4 Å². The monoisotopic (exact) mass is 318 g/mol. The number of benzene rings is 1. The van der Waals surface area contributed by atoms with Gasteiger partial charge in [-0.05, 0) is 32.9 Å². The molecule has 2 N–H and O–H groups in total. The zero-order chi connectivity index (χ0) is 16.6. The maximum atomic E-state index is 13.2. The summed E-state index contributed by atoms with van der Waals surface area (Å²) in [5.74, 6) is -0.178. The number of amides is 2. The first-order valence-corrected chi connectivity index (χ1v) is 8.10. The van der Waals surface area contributed by atoms with Crippen LogP contribution in [0.25, 0.3) is 0 Å². The topological polar surface area (TPSA) is 63.1 Å². The highest BCUT2D eigenvalue weighted by Crippen LogP contribution is 2.36. The van der Waals surface area contributed by atoms with Gasteiger partial charge in [-0.2, -0.15) is 0 Å². The number of carbonyl (C=O) groups excluding carboxylic acids is 2. The molecule has 2 amide bonds. The van der Waals surface area contributed by atoms with Gasteiger partial charge in [0.1, 0.15) is 18.6 Å². The number of morpholine rings is 1. The summed E-state index contributed by atoms with van der Waals surface area (Å²) in [5.41, 5.74) is 0.543. The molecular weight excluding hydrogens is 294 g/mol. The fraction of sp³-hybridized carbons (Fsp3) is 0.529. The van der Waals surface area contributed by atoms with Crippen molar-refractivity contribution in [3.05, 3.63) is 24.3 Å². The maximum absolute atomic E-state index is 13.2. The Morgan fingerprint density at radius 1 is 1.30 bits per heavy atom. The van der Waals surface area contributed by atoms with E-state index in [9.17, 15) is 9.59 Å². The Balaban J connectivity index is 1.95. The third-order valence-electron chi connectivity index (χ3n) is 4.85. The van der Waals surface area contributed by atoms with Crippen LogP contribution in [0, 0.1) is 0 Å². The van der Waals surface area contributed by atoms with Crippen molar-refractivity contribution in [2.45, 2.75) is 32.4 Å². The Morgan fingerprint density at radius 2 is 1.96 bits per heavy atom. The van der Waals surface area contributed by atoms with Gasteiger partial charge >= 0.3 is 0 Å². The van der Waals surface area contributed by atoms with E-state index in [1.165, 1.54) is 4.90 Å². The summed E-state index contributed by atoms with van der Waals surface area (Å²) in [4.78, 5) is 28.5. The maximum Gasteiger partial charge on any atom is 0.285 e. The predicted molar refractivity (Wildman–Crippen MR) is 87.6 cm³/mol. The van der Waals surface area contributed by atoms with Gasteiger partial charge in [-0.25, -0.2) is 0 Å². The first-order valence-electron chi connectivity index (χ1n) is 8.10. The van der Waals surface area contributed by atoms with Crippen LogP contribution >= 0.6 is 0 Å². The summed E-state index contributed by atoms with van der Waals surface area (Å²) in [5, 5.41) is 2.89. The molecule has 0 spiro atoms. The van der Waals surface area contributed by atoms with Crippen molar-refractivity contribution >= 4 is 23.2 Å². The molecule has 3 rings (SSSR count). The average molecular weight is 318 g/mol. The lowest BCUT2D eigenvalue weighted by atomic mass is 9.95. The average Bonchev–Trinajstić information content (AvgIpc) is 2.55. The zero-order valence-electron chi connectivity index (χ0n) is 13.9. The lowest BCUT2D eigenvalue weighted by Crippen LogP contribution is -3.18. The standard InChI is InChI=1S/C17H23N3O3/c1-12(19-8-10-23-11-9-19)15(21)20-14-7-5-4-6-13(14)18-16(22)17(20,2)3/h4-7,12H,8-11H2,1-3H3,(H,18,22)/p+1/t12-/m1/s1. The normalized spacial score (nSPS) is 22.2. The van der Waals surface area contributed by atoms with E-state index in [0.29, 0.717) is 18.9 Å². The molecule has 0 radical (unpaired) electrons. The van der Waals surface area contributed by atoms with Gasteiger partial charge in [0.15, 0.2) is 6.04 Å². The summed E-state index contributed by atoms with van der Waals surface area (Å²) in [6.45, 7) is 8.49. The largest absolute Gasteiger partial charge is 0.370 e. The highest BCUT2D eigenvalue weighted by atomic mass is 16.5. The summed E-state index contributed by atoms with van der Waals surface area (Å²) >= 11 is 0. The van der Waals surface area contributed by atoms with E-state index in [1.54, 1.807) is 18.7 Å². The fourth-order valence-corrected chi connectivity index (χ4v) is 3.28. The van der Waals surface area contributed by atoms with Gasteiger partial charge in [0.2, 0.25) is 5.91 Å². The molecule has 1 saturated heterocycles. The molecule has 0 bridgehead atoms. The molecule has 6 heteroatoms. The van der Waals surface area contributed by atoms with Crippen LogP contribution in [0.3, 0.4) is 0 Å². The number of nitrogens with one attached hydrogen (secondary N) is 2. The van der Waals surface area contributed by atoms with Crippen LogP contribution in [0.1, 0.15) is 20.8 Å². The number of anilines is 2. The van der Waals surface area contributed by atoms with E-state index in [4.69, 9.17) is 4.74 Å². The van der Waals surface area contributed by atoms with E-state index in [-0.39, 0.29) is 17.9 Å². The molecule has 0 aromatic heterocycles. The fourth-order valence-electron chi connectivity index (χ4n) is 3.28. The van der Waals surface area contributed by atoms with Crippen molar-refractivity contribution in [1.29, 1.82) is 0 Å². The van der Waals surface area contributed by atoms with Crippen molar-refractivity contribution < 1.29 is 19.2 Å². The van der Waals surface area contributed by atoms with Crippen molar-refractivity contribution in [2.24, 2.45) is 0 Å². The van der Waals surface area contributed by atoms with E-state index in [2.05, 4.69) is 5.32 Å². The number of nitrogens with zero attached hydrogens (tertiary/aromatic N) is 1. The van der Waals surface area contributed by atoms with Crippen molar-refractivity contribution in [3.8, 4) is 0 Å². The second kappa shape index (κ2) is 5.94. The molecule has 23 heavy (non-hydrogen) atoms. The zero-order valence-corrected chi connectivity index (χ0v) is 13.9. The Kier molecular flexibility index (Phi) is 4.12. The van der Waals surface area contributed by atoms with Crippen LogP contribution in [0.2, 0.25) is 0 Å². The minimum absolute atomic E-state index is 0.0193. The minimum atomic E-state index is -0.911. The summed E-state index contributed by atoms with van der Waals surface area (Å²) in [6.07, 6.45) is 0. The summed E-state index contributed by atoms with van der Waals surface area (Å²) in [7, 11) is 0. The molecule has 6 nitrogen and oxygen atoms in total. The SMILES string of the molecule is C[C@H](C(=O)N1c2ccccc2NC(=O)C1(C)C)[NH+]1CCOCC1. The van der Waals surface area contributed by atoms with E-state index >= 15 is 0 Å². The van der Waals surface area contributed by atoms with Crippen molar-refractivity contribution in [2.75, 3.05) is 36.5 Å². The third kappa shape index (κ3) is 2.72. The highest BCUT2D eigenvalue weighted by molar-refractivity contribution is 6.14. The Hall–Kier alpha value is -1.92. The van der Waals surface area contributed by atoms with Crippen LogP contribution in [0.15, 0.2) is 24.3 Å². The first kappa shape index (κ1) is 16.0. The highest BCUT2D eigenvalue weighted by Gasteiger charge is 2.46. The van der Waals surface area contributed by atoms with E-state index in [1.807, 2.05) is 31.2 Å². The van der Waals surface area contributed by atoms with E-state index < -0.39 is 5.54 Å². The number of hydrogen-bond acceptors (Lipinski definition) is 3. The van der Waals surface area contributed by atoms with Gasteiger partial charge in [0.25, 0.3) is 5.91 Å². The van der Waals surface area contributed by atoms with Crippen LogP contribution < -0.4 is 15.1 Å². The van der Waals surface area contributed by atoms with Gasteiger partial charge < -0.3 is 15.0 Å². The Bertz CT molecular complexity index is 623. The number of carbonyl (C=O) groups is 2. The minimum Gasteiger partial charge on any atom is -0.370 e. The molecule has 0 unspecified atom stereocenters. The molecule has 2 aliphatic rings. The summed E-state index contributed by atoms with van der Waals surface area (Å²) < 4.78 is 5.38. The number of hydrogen-bond donors (Lipinski definition) is 2. The van der Waals surface area contributed by atoms with Crippen LogP contribution in [0.5, 0.6) is 0 Å². The van der Waals surface area contributed by atoms with Gasteiger partial charge in [-0.15, -0.1) is 0 Å². The van der Waals surface area contributed by atoms with Crippen LogP contribution in [-0.4, -0.2) is 49.7 Å². The molecule has 0 saturated carbocycles. The van der Waals surface area contributed by atoms with E-state index in [0.717, 1.165) is 18.8 Å². The third-order valence-corrected chi connectivity index (χ3v) is 4.85. The molecule has 1 aromatic rings. The van der Waals surface area contributed by atoms with Gasteiger partial charge in [-0.1, -0.05) is 12.1 Å². The Labute approximate surface area is 136 Å². The molecular formula is C17H24N3O3+. The molecule has 2 aliphatic heterocycles. The number of fused-ring (bicyclic) bond motifs is 1. The number of rotatable bonds is 2. The Morgan fingerprint density at radius 3 is 2.65 bits per heavy atom.